The number of rotatable bonds is 6. The largest absolute Gasteiger partial charge is 0.370 e. The lowest BCUT2D eigenvalue weighted by molar-refractivity contribution is 0.571. The first-order valence-corrected chi connectivity index (χ1v) is 12.4. The minimum atomic E-state index is -3.81. The third-order valence-corrected chi connectivity index (χ3v) is 7.10. The number of piperidine rings is 1. The molecule has 0 radical (unpaired) electrons. The second-order valence-electron chi connectivity index (χ2n) is 7.72. The molecule has 9 heteroatoms. The van der Waals surface area contributed by atoms with Crippen LogP contribution in [0.3, 0.4) is 0 Å². The Kier molecular flexibility index (Phi) is 6.36. The van der Waals surface area contributed by atoms with Gasteiger partial charge in [0.15, 0.2) is 5.11 Å². The van der Waals surface area contributed by atoms with E-state index in [2.05, 4.69) is 20.3 Å². The Morgan fingerprint density at radius 3 is 2.33 bits per heavy atom. The molecule has 1 aliphatic heterocycles. The summed E-state index contributed by atoms with van der Waals surface area (Å²) in [4.78, 5) is 2.38. The van der Waals surface area contributed by atoms with Crippen molar-refractivity contribution in [1.82, 2.24) is 5.32 Å². The summed E-state index contributed by atoms with van der Waals surface area (Å²) in [6, 6.07) is 12.4. The van der Waals surface area contributed by atoms with Gasteiger partial charge < -0.3 is 15.5 Å². The maximum Gasteiger partial charge on any atom is 0.264 e. The number of hydrogen-bond donors (Lipinski definition) is 3. The monoisotopic (exact) mass is 464 g/mol. The molecule has 2 fully saturated rings. The molecule has 1 aliphatic carbocycles. The SMILES string of the molecule is O=S(=O)(Nc1ccc(Cl)cc1)c1cc(NC(=S)NC2CC2)ccc1N1CCCCC1. The van der Waals surface area contributed by atoms with Crippen LogP contribution in [-0.2, 0) is 10.0 Å². The molecule has 0 amide bonds. The Morgan fingerprint density at radius 1 is 1.00 bits per heavy atom. The van der Waals surface area contributed by atoms with Crippen molar-refractivity contribution in [1.29, 1.82) is 0 Å². The lowest BCUT2D eigenvalue weighted by Crippen LogP contribution is -2.32. The number of thiocarbonyl (C=S) groups is 1. The Balaban J connectivity index is 1.64. The van der Waals surface area contributed by atoms with Gasteiger partial charge in [-0.3, -0.25) is 4.72 Å². The molecule has 3 N–H and O–H groups in total. The van der Waals surface area contributed by atoms with Gasteiger partial charge in [-0.2, -0.15) is 0 Å². The minimum Gasteiger partial charge on any atom is -0.370 e. The average Bonchev–Trinajstić information content (AvgIpc) is 3.54. The van der Waals surface area contributed by atoms with Crippen molar-refractivity contribution in [2.75, 3.05) is 28.0 Å². The predicted molar refractivity (Wildman–Crippen MR) is 127 cm³/mol. The molecule has 2 aromatic rings. The maximum absolute atomic E-state index is 13.3. The third-order valence-electron chi connectivity index (χ3n) is 5.21. The number of benzene rings is 2. The van der Waals surface area contributed by atoms with Crippen molar-refractivity contribution in [3.05, 3.63) is 47.5 Å². The van der Waals surface area contributed by atoms with Gasteiger partial charge in [0, 0.05) is 35.5 Å². The quantitative estimate of drug-likeness (QED) is 0.543. The van der Waals surface area contributed by atoms with E-state index in [9.17, 15) is 8.42 Å². The summed E-state index contributed by atoms with van der Waals surface area (Å²) in [6.07, 6.45) is 5.50. The lowest BCUT2D eigenvalue weighted by Gasteiger charge is -2.30. The van der Waals surface area contributed by atoms with E-state index in [1.165, 1.54) is 6.42 Å². The highest BCUT2D eigenvalue weighted by Gasteiger charge is 2.25. The highest BCUT2D eigenvalue weighted by Crippen LogP contribution is 2.32. The molecule has 6 nitrogen and oxygen atoms in total. The van der Waals surface area contributed by atoms with Crippen molar-refractivity contribution in [2.45, 2.75) is 43.0 Å². The van der Waals surface area contributed by atoms with Crippen molar-refractivity contribution in [2.24, 2.45) is 0 Å². The van der Waals surface area contributed by atoms with Crippen molar-refractivity contribution in [3.63, 3.8) is 0 Å². The fourth-order valence-corrected chi connectivity index (χ4v) is 5.23. The van der Waals surface area contributed by atoms with Gasteiger partial charge in [0.2, 0.25) is 0 Å². The van der Waals surface area contributed by atoms with Crippen LogP contribution in [0.2, 0.25) is 5.02 Å². The molecule has 0 atom stereocenters. The molecule has 0 aromatic heterocycles. The summed E-state index contributed by atoms with van der Waals surface area (Å²) >= 11 is 11.3. The van der Waals surface area contributed by atoms with E-state index in [0.717, 1.165) is 38.8 Å². The molecule has 30 heavy (non-hydrogen) atoms. The number of sulfonamides is 1. The topological polar surface area (TPSA) is 73.5 Å². The van der Waals surface area contributed by atoms with Gasteiger partial charge in [0.05, 0.1) is 5.69 Å². The molecule has 0 spiro atoms. The van der Waals surface area contributed by atoms with Crippen LogP contribution in [0.15, 0.2) is 47.4 Å². The summed E-state index contributed by atoms with van der Waals surface area (Å²) < 4.78 is 29.3. The molecule has 2 aromatic carbocycles. The van der Waals surface area contributed by atoms with E-state index in [4.69, 9.17) is 23.8 Å². The van der Waals surface area contributed by atoms with Crippen LogP contribution in [0.4, 0.5) is 17.1 Å². The molecule has 1 saturated heterocycles. The molecule has 1 saturated carbocycles. The summed E-state index contributed by atoms with van der Waals surface area (Å²) in [5.41, 5.74) is 1.82. The standard InChI is InChI=1S/C21H25ClN4O2S2/c22-15-4-6-17(7-5-15)25-30(27,28)20-14-18(24-21(29)23-16-8-9-16)10-11-19(20)26-12-2-1-3-13-26/h4-7,10-11,14,16,25H,1-3,8-9,12-13H2,(H2,23,24,29). The Hall–Kier alpha value is -2.03. The highest BCUT2D eigenvalue weighted by atomic mass is 35.5. The van der Waals surface area contributed by atoms with E-state index in [1.807, 2.05) is 12.1 Å². The lowest BCUT2D eigenvalue weighted by atomic mass is 10.1. The molecular weight excluding hydrogens is 440 g/mol. The highest BCUT2D eigenvalue weighted by molar-refractivity contribution is 7.93. The fourth-order valence-electron chi connectivity index (χ4n) is 3.51. The van der Waals surface area contributed by atoms with Crippen LogP contribution < -0.4 is 20.3 Å². The van der Waals surface area contributed by atoms with Crippen LogP contribution >= 0.6 is 23.8 Å². The van der Waals surface area contributed by atoms with E-state index in [0.29, 0.717) is 33.2 Å². The van der Waals surface area contributed by atoms with Gasteiger partial charge in [-0.25, -0.2) is 8.42 Å². The zero-order valence-corrected chi connectivity index (χ0v) is 18.9. The van der Waals surface area contributed by atoms with Crippen LogP contribution in [0.1, 0.15) is 32.1 Å². The molecule has 160 valence electrons. The molecule has 0 bridgehead atoms. The van der Waals surface area contributed by atoms with Crippen molar-refractivity contribution < 1.29 is 8.42 Å². The van der Waals surface area contributed by atoms with Crippen molar-refractivity contribution in [3.8, 4) is 0 Å². The van der Waals surface area contributed by atoms with Gasteiger partial charge in [-0.05, 0) is 86.8 Å². The third kappa shape index (κ3) is 5.36. The van der Waals surface area contributed by atoms with Crippen LogP contribution in [0, 0.1) is 0 Å². The first-order valence-electron chi connectivity index (χ1n) is 10.2. The van der Waals surface area contributed by atoms with Gasteiger partial charge in [-0.15, -0.1) is 0 Å². The smallest absolute Gasteiger partial charge is 0.264 e. The number of nitrogens with one attached hydrogen (secondary N) is 3. The molecule has 0 unspecified atom stereocenters. The maximum atomic E-state index is 13.3. The van der Waals surface area contributed by atoms with E-state index in [1.54, 1.807) is 30.3 Å². The number of halogens is 1. The first-order chi connectivity index (χ1) is 14.4. The van der Waals surface area contributed by atoms with E-state index < -0.39 is 10.0 Å². The molecule has 4 rings (SSSR count). The van der Waals surface area contributed by atoms with Crippen molar-refractivity contribution >= 4 is 56.0 Å². The predicted octanol–water partition coefficient (Wildman–Crippen LogP) is 4.58. The van der Waals surface area contributed by atoms with Crippen LogP contribution in [0.25, 0.3) is 0 Å². The molecule has 2 aliphatic rings. The van der Waals surface area contributed by atoms with Gasteiger partial charge in [-0.1, -0.05) is 11.6 Å². The first kappa shape index (κ1) is 21.2. The van der Waals surface area contributed by atoms with E-state index >= 15 is 0 Å². The second kappa shape index (κ2) is 8.99. The summed E-state index contributed by atoms with van der Waals surface area (Å²) in [5, 5.41) is 7.40. The van der Waals surface area contributed by atoms with Crippen LogP contribution in [0.5, 0.6) is 0 Å². The molecule has 1 heterocycles. The Bertz CT molecular complexity index is 1020. The summed E-state index contributed by atoms with van der Waals surface area (Å²) in [6.45, 7) is 1.69. The van der Waals surface area contributed by atoms with Crippen LogP contribution in [-0.4, -0.2) is 32.7 Å². The number of anilines is 3. The Labute approximate surface area is 188 Å². The van der Waals surface area contributed by atoms with E-state index in [-0.39, 0.29) is 4.90 Å². The zero-order chi connectivity index (χ0) is 21.1. The summed E-state index contributed by atoms with van der Waals surface area (Å²) in [7, 11) is -3.81. The zero-order valence-electron chi connectivity index (χ0n) is 16.5. The Morgan fingerprint density at radius 2 is 1.67 bits per heavy atom. The molecular formula is C21H25ClN4O2S2. The average molecular weight is 465 g/mol. The van der Waals surface area contributed by atoms with Gasteiger partial charge in [0.25, 0.3) is 10.0 Å². The van der Waals surface area contributed by atoms with Gasteiger partial charge >= 0.3 is 0 Å². The second-order valence-corrected chi connectivity index (χ2v) is 10.2. The fraction of sp³-hybridized carbons (Fsp3) is 0.381. The van der Waals surface area contributed by atoms with Gasteiger partial charge in [0.1, 0.15) is 4.90 Å². The minimum absolute atomic E-state index is 0.235. The number of hydrogen-bond acceptors (Lipinski definition) is 4. The number of nitrogens with zero attached hydrogens (tertiary/aromatic N) is 1. The summed E-state index contributed by atoms with van der Waals surface area (Å²) in [5.74, 6) is 0. The normalized spacial score (nSPS) is 16.8.